The summed E-state index contributed by atoms with van der Waals surface area (Å²) in [5.74, 6) is 1.73. The molecule has 6 nitrogen and oxygen atoms in total. The van der Waals surface area contributed by atoms with E-state index in [4.69, 9.17) is 16.3 Å². The minimum absolute atomic E-state index is 0.514. The van der Waals surface area contributed by atoms with Gasteiger partial charge in [0, 0.05) is 31.6 Å². The number of thioether (sulfide) groups is 1. The van der Waals surface area contributed by atoms with Gasteiger partial charge in [0.05, 0.1) is 13.2 Å². The van der Waals surface area contributed by atoms with E-state index >= 15 is 0 Å². The highest BCUT2D eigenvalue weighted by atomic mass is 35.5. The van der Waals surface area contributed by atoms with E-state index in [1.165, 1.54) is 0 Å². The molecule has 22 heavy (non-hydrogen) atoms. The fourth-order valence-corrected chi connectivity index (χ4v) is 3.34. The van der Waals surface area contributed by atoms with Gasteiger partial charge in [-0.25, -0.2) is 4.98 Å². The summed E-state index contributed by atoms with van der Waals surface area (Å²) >= 11 is 7.47. The Balaban J connectivity index is 1.70. The molecule has 1 aliphatic heterocycles. The Bertz CT molecular complexity index is 612. The first-order chi connectivity index (χ1) is 10.8. The third kappa shape index (κ3) is 3.53. The summed E-state index contributed by atoms with van der Waals surface area (Å²) in [6.45, 7) is 6.18. The normalized spacial score (nSPS) is 15.3. The first-order valence-corrected chi connectivity index (χ1v) is 8.63. The maximum atomic E-state index is 5.81. The second kappa shape index (κ2) is 7.30. The van der Waals surface area contributed by atoms with Crippen molar-refractivity contribution in [3.8, 4) is 0 Å². The molecule has 0 aromatic carbocycles. The summed E-state index contributed by atoms with van der Waals surface area (Å²) in [6.07, 6.45) is 1.80. The van der Waals surface area contributed by atoms with E-state index in [9.17, 15) is 0 Å². The van der Waals surface area contributed by atoms with Gasteiger partial charge in [0.2, 0.25) is 5.95 Å². The molecule has 0 unspecified atom stereocenters. The largest absolute Gasteiger partial charge is 0.378 e. The quantitative estimate of drug-likeness (QED) is 0.616. The molecule has 0 N–H and O–H groups in total. The zero-order chi connectivity index (χ0) is 15.4. The van der Waals surface area contributed by atoms with Gasteiger partial charge in [0.15, 0.2) is 5.16 Å². The summed E-state index contributed by atoms with van der Waals surface area (Å²) in [5, 5.41) is 10.1. The van der Waals surface area contributed by atoms with Crippen molar-refractivity contribution in [3.05, 3.63) is 29.0 Å². The molecule has 0 saturated carbocycles. The van der Waals surface area contributed by atoms with Crippen LogP contribution in [0.25, 0.3) is 0 Å². The molecule has 2 aromatic rings. The third-order valence-corrected chi connectivity index (χ3v) is 4.73. The standard InChI is InChI=1S/C14H18ClN5OS/c1-2-20-13(19-5-7-21-8-6-19)17-18-14(20)22-10-11-3-4-12(15)16-9-11/h3-4,9H,2,5-8,10H2,1H3. The van der Waals surface area contributed by atoms with Crippen LogP contribution in [0.2, 0.25) is 5.15 Å². The number of aromatic nitrogens is 4. The predicted molar refractivity (Wildman–Crippen MR) is 87.5 cm³/mol. The van der Waals surface area contributed by atoms with Crippen molar-refractivity contribution < 1.29 is 4.74 Å². The number of nitrogens with zero attached hydrogens (tertiary/aromatic N) is 5. The number of rotatable bonds is 5. The van der Waals surface area contributed by atoms with E-state index in [1.807, 2.05) is 6.07 Å². The molecular weight excluding hydrogens is 322 g/mol. The van der Waals surface area contributed by atoms with Gasteiger partial charge in [-0.1, -0.05) is 29.4 Å². The monoisotopic (exact) mass is 339 g/mol. The van der Waals surface area contributed by atoms with Crippen LogP contribution in [0, 0.1) is 0 Å². The summed E-state index contributed by atoms with van der Waals surface area (Å²) in [5.41, 5.74) is 1.12. The summed E-state index contributed by atoms with van der Waals surface area (Å²) in [6, 6.07) is 3.79. The van der Waals surface area contributed by atoms with Crippen molar-refractivity contribution in [1.82, 2.24) is 19.7 Å². The SMILES string of the molecule is CCn1c(SCc2ccc(Cl)nc2)nnc1N1CCOCC1. The van der Waals surface area contributed by atoms with E-state index < -0.39 is 0 Å². The number of morpholine rings is 1. The minimum Gasteiger partial charge on any atom is -0.378 e. The number of hydrogen-bond donors (Lipinski definition) is 0. The third-order valence-electron chi connectivity index (χ3n) is 3.46. The summed E-state index contributed by atoms with van der Waals surface area (Å²) in [7, 11) is 0. The molecular formula is C14H18ClN5OS. The Morgan fingerprint density at radius 2 is 2.09 bits per heavy atom. The Hall–Kier alpha value is -1.31. The van der Waals surface area contributed by atoms with Crippen LogP contribution in [-0.4, -0.2) is 46.1 Å². The first kappa shape index (κ1) is 15.6. The second-order valence-electron chi connectivity index (χ2n) is 4.90. The lowest BCUT2D eigenvalue weighted by Gasteiger charge is -2.27. The van der Waals surface area contributed by atoms with Crippen LogP contribution >= 0.6 is 23.4 Å². The van der Waals surface area contributed by atoms with Crippen LogP contribution < -0.4 is 4.90 Å². The summed E-state index contributed by atoms with van der Waals surface area (Å²) < 4.78 is 7.55. The zero-order valence-corrected chi connectivity index (χ0v) is 14.0. The number of ether oxygens (including phenoxy) is 1. The van der Waals surface area contributed by atoms with E-state index in [1.54, 1.807) is 24.0 Å². The highest BCUT2D eigenvalue weighted by Crippen LogP contribution is 2.25. The molecule has 1 aliphatic rings. The molecule has 0 atom stereocenters. The van der Waals surface area contributed by atoms with Gasteiger partial charge in [0.1, 0.15) is 5.15 Å². The van der Waals surface area contributed by atoms with Crippen molar-refractivity contribution in [2.24, 2.45) is 0 Å². The van der Waals surface area contributed by atoms with Gasteiger partial charge in [-0.05, 0) is 18.6 Å². The fourth-order valence-electron chi connectivity index (χ4n) is 2.30. The van der Waals surface area contributed by atoms with Crippen LogP contribution in [-0.2, 0) is 17.0 Å². The Morgan fingerprint density at radius 1 is 1.27 bits per heavy atom. The predicted octanol–water partition coefficient (Wildman–Crippen LogP) is 2.48. The molecule has 118 valence electrons. The van der Waals surface area contributed by atoms with Gasteiger partial charge in [-0.15, -0.1) is 10.2 Å². The molecule has 2 aromatic heterocycles. The van der Waals surface area contributed by atoms with Gasteiger partial charge in [0.25, 0.3) is 0 Å². The van der Waals surface area contributed by atoms with Crippen molar-refractivity contribution in [1.29, 1.82) is 0 Å². The molecule has 0 amide bonds. The van der Waals surface area contributed by atoms with Gasteiger partial charge >= 0.3 is 0 Å². The van der Waals surface area contributed by atoms with Gasteiger partial charge < -0.3 is 9.64 Å². The Labute approximate surface area is 138 Å². The molecule has 0 radical (unpaired) electrons. The molecule has 1 saturated heterocycles. The van der Waals surface area contributed by atoms with Crippen molar-refractivity contribution >= 4 is 29.3 Å². The average molecular weight is 340 g/mol. The van der Waals surface area contributed by atoms with Crippen molar-refractivity contribution in [2.75, 3.05) is 31.2 Å². The molecule has 0 spiro atoms. The van der Waals surface area contributed by atoms with Crippen LogP contribution in [0.3, 0.4) is 0 Å². The summed E-state index contributed by atoms with van der Waals surface area (Å²) in [4.78, 5) is 6.33. The highest BCUT2D eigenvalue weighted by Gasteiger charge is 2.19. The Kier molecular flexibility index (Phi) is 5.17. The maximum absolute atomic E-state index is 5.81. The molecule has 8 heteroatoms. The maximum Gasteiger partial charge on any atom is 0.228 e. The first-order valence-electron chi connectivity index (χ1n) is 7.27. The van der Waals surface area contributed by atoms with Crippen LogP contribution in [0.5, 0.6) is 0 Å². The zero-order valence-electron chi connectivity index (χ0n) is 12.4. The lowest BCUT2D eigenvalue weighted by atomic mass is 10.3. The van der Waals surface area contributed by atoms with E-state index in [2.05, 4.69) is 31.6 Å². The number of pyridine rings is 1. The average Bonchev–Trinajstić information content (AvgIpc) is 2.98. The lowest BCUT2D eigenvalue weighted by molar-refractivity contribution is 0.121. The van der Waals surface area contributed by atoms with E-state index in [0.29, 0.717) is 5.15 Å². The number of halogens is 1. The molecule has 0 aliphatic carbocycles. The lowest BCUT2D eigenvalue weighted by Crippen LogP contribution is -2.38. The van der Waals surface area contributed by atoms with Crippen molar-refractivity contribution in [2.45, 2.75) is 24.4 Å². The smallest absolute Gasteiger partial charge is 0.228 e. The van der Waals surface area contributed by atoms with E-state index in [0.717, 1.165) is 55.3 Å². The highest BCUT2D eigenvalue weighted by molar-refractivity contribution is 7.98. The molecule has 0 bridgehead atoms. The molecule has 1 fully saturated rings. The second-order valence-corrected chi connectivity index (χ2v) is 6.23. The van der Waals surface area contributed by atoms with Gasteiger partial charge in [-0.3, -0.25) is 4.57 Å². The van der Waals surface area contributed by atoms with Gasteiger partial charge in [-0.2, -0.15) is 0 Å². The number of hydrogen-bond acceptors (Lipinski definition) is 6. The molecule has 3 heterocycles. The van der Waals surface area contributed by atoms with Crippen LogP contribution in [0.1, 0.15) is 12.5 Å². The topological polar surface area (TPSA) is 56.1 Å². The molecule has 3 rings (SSSR count). The van der Waals surface area contributed by atoms with Crippen molar-refractivity contribution in [3.63, 3.8) is 0 Å². The Morgan fingerprint density at radius 3 is 2.77 bits per heavy atom. The fraction of sp³-hybridized carbons (Fsp3) is 0.500. The minimum atomic E-state index is 0.514. The van der Waals surface area contributed by atoms with Crippen LogP contribution in [0.4, 0.5) is 5.95 Å². The number of anilines is 1. The van der Waals surface area contributed by atoms with Crippen LogP contribution in [0.15, 0.2) is 23.5 Å². The van der Waals surface area contributed by atoms with E-state index in [-0.39, 0.29) is 0 Å².